The van der Waals surface area contributed by atoms with Gasteiger partial charge in [0.2, 0.25) is 0 Å². The van der Waals surface area contributed by atoms with E-state index in [-0.39, 0.29) is 5.91 Å². The monoisotopic (exact) mass is 463 g/mol. The van der Waals surface area contributed by atoms with Crippen molar-refractivity contribution in [1.82, 2.24) is 9.55 Å². The molecule has 0 fully saturated rings. The Hall–Kier alpha value is -4.29. The summed E-state index contributed by atoms with van der Waals surface area (Å²) in [4.78, 5) is 16.8. The molecule has 7 heteroatoms. The van der Waals surface area contributed by atoms with Gasteiger partial charge in [-0.05, 0) is 35.9 Å². The number of benzene rings is 3. The Morgan fingerprint density at radius 2 is 1.79 bits per heavy atom. The van der Waals surface area contributed by atoms with Crippen molar-refractivity contribution in [2.45, 2.75) is 6.54 Å². The Morgan fingerprint density at radius 3 is 2.71 bits per heavy atom. The van der Waals surface area contributed by atoms with E-state index in [0.717, 1.165) is 43.6 Å². The fourth-order valence-electron chi connectivity index (χ4n) is 4.37. The summed E-state index contributed by atoms with van der Waals surface area (Å²) >= 11 is 6.20. The van der Waals surface area contributed by atoms with E-state index in [4.69, 9.17) is 11.6 Å². The minimum atomic E-state index is -0.258. The van der Waals surface area contributed by atoms with Crippen LogP contribution in [0.2, 0.25) is 5.02 Å². The van der Waals surface area contributed by atoms with E-state index in [2.05, 4.69) is 43.3 Å². The van der Waals surface area contributed by atoms with E-state index in [9.17, 15) is 4.79 Å². The maximum absolute atomic E-state index is 12.2. The first-order valence-electron chi connectivity index (χ1n) is 10.8. The molecule has 0 spiro atoms. The van der Waals surface area contributed by atoms with Crippen molar-refractivity contribution in [3.05, 3.63) is 107 Å². The van der Waals surface area contributed by atoms with E-state index in [1.807, 2.05) is 66.9 Å². The van der Waals surface area contributed by atoms with E-state index in [1.165, 1.54) is 0 Å². The van der Waals surface area contributed by atoms with E-state index in [0.29, 0.717) is 18.0 Å². The molecule has 5 aromatic rings. The molecule has 34 heavy (non-hydrogen) atoms. The number of carbonyl (C=O) groups is 1. The third kappa shape index (κ3) is 3.54. The van der Waals surface area contributed by atoms with Crippen molar-refractivity contribution >= 4 is 56.9 Å². The molecule has 3 heterocycles. The maximum atomic E-state index is 12.2. The van der Waals surface area contributed by atoms with Gasteiger partial charge in [0.25, 0.3) is 5.91 Å². The highest BCUT2D eigenvalue weighted by Crippen LogP contribution is 2.30. The Labute approximate surface area is 200 Å². The first kappa shape index (κ1) is 20.3. The highest BCUT2D eigenvalue weighted by atomic mass is 35.5. The van der Waals surface area contributed by atoms with Crippen LogP contribution in [0.25, 0.3) is 21.8 Å². The Kier molecular flexibility index (Phi) is 4.93. The van der Waals surface area contributed by atoms with Gasteiger partial charge in [0.1, 0.15) is 0 Å². The summed E-state index contributed by atoms with van der Waals surface area (Å²) in [6.07, 6.45) is 3.43. The van der Waals surface area contributed by atoms with Gasteiger partial charge in [-0.15, -0.1) is 5.10 Å². The minimum absolute atomic E-state index is 0.258. The number of aromatic nitrogens is 2. The largest absolute Gasteiger partial charge is 0.335 e. The number of fused-ring (bicyclic) bond motifs is 4. The molecule has 164 valence electrons. The Morgan fingerprint density at radius 1 is 0.941 bits per heavy atom. The van der Waals surface area contributed by atoms with E-state index in [1.54, 1.807) is 6.21 Å². The lowest BCUT2D eigenvalue weighted by atomic mass is 10.1. The van der Waals surface area contributed by atoms with Gasteiger partial charge in [0, 0.05) is 33.4 Å². The van der Waals surface area contributed by atoms with Gasteiger partial charge in [-0.2, -0.15) is 5.10 Å². The second kappa shape index (κ2) is 8.24. The van der Waals surface area contributed by atoms with Gasteiger partial charge in [0.05, 0.1) is 29.3 Å². The summed E-state index contributed by atoms with van der Waals surface area (Å²) in [7, 11) is 0. The average molecular weight is 464 g/mol. The van der Waals surface area contributed by atoms with Gasteiger partial charge in [-0.1, -0.05) is 60.1 Å². The zero-order valence-corrected chi connectivity index (χ0v) is 18.7. The fourth-order valence-corrected chi connectivity index (χ4v) is 4.58. The molecule has 0 saturated heterocycles. The maximum Gasteiger partial charge on any atom is 0.276 e. The van der Waals surface area contributed by atoms with Gasteiger partial charge in [0.15, 0.2) is 5.71 Å². The van der Waals surface area contributed by atoms with E-state index < -0.39 is 0 Å². The van der Waals surface area contributed by atoms with Crippen molar-refractivity contribution in [3.63, 3.8) is 0 Å². The van der Waals surface area contributed by atoms with Gasteiger partial charge < -0.3 is 9.88 Å². The van der Waals surface area contributed by atoms with Crippen LogP contribution < -0.4 is 5.32 Å². The van der Waals surface area contributed by atoms with Crippen LogP contribution in [0.15, 0.2) is 95.3 Å². The van der Waals surface area contributed by atoms with Crippen molar-refractivity contribution in [2.75, 3.05) is 5.32 Å². The molecule has 0 unspecified atom stereocenters. The summed E-state index contributed by atoms with van der Waals surface area (Å²) in [5.41, 5.74) is 5.71. The minimum Gasteiger partial charge on any atom is -0.335 e. The van der Waals surface area contributed by atoms with Crippen molar-refractivity contribution in [1.29, 1.82) is 0 Å². The molecule has 3 aromatic carbocycles. The summed E-state index contributed by atoms with van der Waals surface area (Å²) in [6.45, 7) is 0.682. The molecule has 0 saturated carbocycles. The van der Waals surface area contributed by atoms with Crippen LogP contribution in [0.3, 0.4) is 0 Å². The first-order chi connectivity index (χ1) is 16.7. The quantitative estimate of drug-likeness (QED) is 0.275. The number of pyridine rings is 1. The van der Waals surface area contributed by atoms with Gasteiger partial charge in [-0.3, -0.25) is 9.78 Å². The molecule has 1 amide bonds. The molecule has 1 aliphatic rings. The smallest absolute Gasteiger partial charge is 0.276 e. The lowest BCUT2D eigenvalue weighted by molar-refractivity contribution is -0.110. The molecule has 0 atom stereocenters. The molecule has 0 bridgehead atoms. The summed E-state index contributed by atoms with van der Waals surface area (Å²) in [5.74, 6) is -0.258. The molecule has 6 rings (SSSR count). The van der Waals surface area contributed by atoms with Crippen LogP contribution in [-0.4, -0.2) is 27.4 Å². The van der Waals surface area contributed by atoms with Gasteiger partial charge in [-0.25, -0.2) is 0 Å². The molecule has 2 aromatic heterocycles. The van der Waals surface area contributed by atoms with Crippen molar-refractivity contribution in [3.8, 4) is 0 Å². The lowest BCUT2D eigenvalue weighted by Gasteiger charge is -2.08. The number of halogens is 1. The number of carbonyl (C=O) groups excluding carboxylic acids is 1. The second-order valence-corrected chi connectivity index (χ2v) is 8.49. The van der Waals surface area contributed by atoms with Gasteiger partial charge >= 0.3 is 0 Å². The second-order valence-electron chi connectivity index (χ2n) is 8.05. The number of hydrogen-bond donors (Lipinski definition) is 1. The normalized spacial score (nSPS) is 14.4. The van der Waals surface area contributed by atoms with Crippen LogP contribution in [0.1, 0.15) is 16.8 Å². The van der Waals surface area contributed by atoms with Crippen molar-refractivity contribution < 1.29 is 4.79 Å². The number of nitrogens with one attached hydrogen (secondary N) is 1. The Bertz CT molecular complexity index is 1650. The predicted octanol–water partition coefficient (Wildman–Crippen LogP) is 5.67. The fraction of sp³-hybridized carbons (Fsp3) is 0.0370. The molecule has 0 radical (unpaired) electrons. The number of amides is 1. The molecule has 1 N–H and O–H groups in total. The lowest BCUT2D eigenvalue weighted by Crippen LogP contribution is -2.13. The zero-order valence-electron chi connectivity index (χ0n) is 17.9. The van der Waals surface area contributed by atoms with Crippen LogP contribution in [0.4, 0.5) is 5.69 Å². The summed E-state index contributed by atoms with van der Waals surface area (Å²) in [6, 6.07) is 25.6. The number of para-hydroxylation sites is 2. The number of rotatable bonds is 4. The average Bonchev–Trinajstić information content (AvgIpc) is 3.33. The number of anilines is 1. The first-order valence-corrected chi connectivity index (χ1v) is 11.2. The third-order valence-electron chi connectivity index (χ3n) is 5.90. The summed E-state index contributed by atoms with van der Waals surface area (Å²) in [5, 5.41) is 14.1. The number of hydrogen-bond acceptors (Lipinski definition) is 4. The number of nitrogens with zero attached hydrogens (tertiary/aromatic N) is 4. The SMILES string of the molecule is O=C1Nc2ccccc2C1=NN=Cc1cc2c3ccccc3n(Cc3cccc(Cl)c3)c2cn1. The highest BCUT2D eigenvalue weighted by Gasteiger charge is 2.25. The topological polar surface area (TPSA) is 71.6 Å². The van der Waals surface area contributed by atoms with E-state index >= 15 is 0 Å². The standard InChI is InChI=1S/C27H18ClN5O/c28-18-7-5-6-17(12-18)16-33-24-11-4-2-8-20(24)22-13-19(29-15-25(22)33)14-30-32-26-21-9-1-3-10-23(21)31-27(26)34/h1-15H,16H2,(H,31,32,34). The Balaban J connectivity index is 1.38. The zero-order chi connectivity index (χ0) is 23.1. The molecule has 6 nitrogen and oxygen atoms in total. The molecule has 1 aliphatic heterocycles. The predicted molar refractivity (Wildman–Crippen MR) is 137 cm³/mol. The highest BCUT2D eigenvalue weighted by molar-refractivity contribution is 6.53. The van der Waals surface area contributed by atoms with Crippen LogP contribution in [0, 0.1) is 0 Å². The molecular formula is C27H18ClN5O. The van der Waals surface area contributed by atoms with Crippen LogP contribution in [-0.2, 0) is 11.3 Å². The van der Waals surface area contributed by atoms with Crippen molar-refractivity contribution in [2.24, 2.45) is 10.2 Å². The molecular weight excluding hydrogens is 446 g/mol. The van der Waals surface area contributed by atoms with Crippen LogP contribution in [0.5, 0.6) is 0 Å². The van der Waals surface area contributed by atoms with Crippen LogP contribution >= 0.6 is 11.6 Å². The third-order valence-corrected chi connectivity index (χ3v) is 6.14. The molecule has 0 aliphatic carbocycles. The summed E-state index contributed by atoms with van der Waals surface area (Å²) < 4.78 is 2.24.